The molecule has 4 heteroatoms. The van der Waals surface area contributed by atoms with Crippen molar-refractivity contribution in [2.24, 2.45) is 29.4 Å². The first-order valence-corrected chi connectivity index (χ1v) is 8.22. The van der Waals surface area contributed by atoms with Crippen molar-refractivity contribution < 1.29 is 9.53 Å². The fourth-order valence-corrected chi connectivity index (χ4v) is 5.43. The fraction of sp³-hybridized carbons (Fsp3) is 0.938. The Bertz CT molecular complexity index is 360. The highest BCUT2D eigenvalue weighted by molar-refractivity contribution is 5.76. The highest BCUT2D eigenvalue weighted by atomic mass is 16.5. The van der Waals surface area contributed by atoms with Gasteiger partial charge in [-0.3, -0.25) is 9.69 Å². The molecule has 1 amide bonds. The lowest BCUT2D eigenvalue weighted by Crippen LogP contribution is -2.47. The summed E-state index contributed by atoms with van der Waals surface area (Å²) in [6.07, 6.45) is 7.99. The van der Waals surface area contributed by atoms with Crippen molar-refractivity contribution in [2.45, 2.75) is 44.6 Å². The van der Waals surface area contributed by atoms with E-state index in [2.05, 4.69) is 4.90 Å². The molecular formula is C16H28N2O2. The summed E-state index contributed by atoms with van der Waals surface area (Å²) in [6, 6.07) is 0.601. The highest BCUT2D eigenvalue weighted by Gasteiger charge is 2.54. The Morgan fingerprint density at radius 3 is 2.80 bits per heavy atom. The maximum Gasteiger partial charge on any atom is 0.231 e. The van der Waals surface area contributed by atoms with E-state index in [0.717, 1.165) is 43.2 Å². The molecule has 0 aliphatic heterocycles. The van der Waals surface area contributed by atoms with Gasteiger partial charge in [0, 0.05) is 26.3 Å². The Labute approximate surface area is 122 Å². The van der Waals surface area contributed by atoms with E-state index in [0.29, 0.717) is 12.6 Å². The van der Waals surface area contributed by atoms with E-state index in [9.17, 15) is 4.79 Å². The Kier molecular flexibility index (Phi) is 4.32. The van der Waals surface area contributed by atoms with E-state index in [1.54, 1.807) is 7.11 Å². The standard InChI is InChI=1S/C16H28N2O2/c1-20-7-3-6-18(10-16(17)19)15-9-11-8-14(15)13-5-2-4-12(11)13/h11-15H,2-10H2,1H3,(H2,17,19)/t11-,12+,13+,14+,15-/m1/s1. The van der Waals surface area contributed by atoms with Gasteiger partial charge < -0.3 is 10.5 Å². The number of ether oxygens (including phenoxy) is 1. The van der Waals surface area contributed by atoms with Crippen LogP contribution in [0.4, 0.5) is 0 Å². The fourth-order valence-electron chi connectivity index (χ4n) is 5.43. The highest BCUT2D eigenvalue weighted by Crippen LogP contribution is 2.59. The van der Waals surface area contributed by atoms with E-state index in [-0.39, 0.29) is 5.91 Å². The zero-order valence-corrected chi connectivity index (χ0v) is 12.6. The molecule has 3 aliphatic carbocycles. The SMILES string of the molecule is COCCCN(CC(N)=O)[C@@H]1C[C@H]2C[C@H]1[C@H]1CCC[C@@H]21. The van der Waals surface area contributed by atoms with Gasteiger partial charge in [-0.2, -0.15) is 0 Å². The summed E-state index contributed by atoms with van der Waals surface area (Å²) >= 11 is 0. The van der Waals surface area contributed by atoms with E-state index < -0.39 is 0 Å². The number of primary amides is 1. The number of nitrogens with two attached hydrogens (primary N) is 1. The van der Waals surface area contributed by atoms with E-state index >= 15 is 0 Å². The van der Waals surface area contributed by atoms with Crippen LogP contribution in [0.2, 0.25) is 0 Å². The molecule has 20 heavy (non-hydrogen) atoms. The third kappa shape index (κ3) is 2.60. The van der Waals surface area contributed by atoms with Crippen LogP contribution >= 0.6 is 0 Å². The van der Waals surface area contributed by atoms with Crippen molar-refractivity contribution in [3.63, 3.8) is 0 Å². The van der Waals surface area contributed by atoms with Gasteiger partial charge in [-0.15, -0.1) is 0 Å². The van der Waals surface area contributed by atoms with E-state index in [1.807, 2.05) is 0 Å². The van der Waals surface area contributed by atoms with Crippen LogP contribution in [0.5, 0.6) is 0 Å². The topological polar surface area (TPSA) is 55.6 Å². The number of hydrogen-bond acceptors (Lipinski definition) is 3. The van der Waals surface area contributed by atoms with Crippen LogP contribution in [0.15, 0.2) is 0 Å². The molecule has 2 N–H and O–H groups in total. The number of hydrogen-bond donors (Lipinski definition) is 1. The van der Waals surface area contributed by atoms with Gasteiger partial charge in [0.2, 0.25) is 5.91 Å². The molecule has 0 aromatic heterocycles. The Balaban J connectivity index is 1.64. The Hall–Kier alpha value is -0.610. The number of methoxy groups -OCH3 is 1. The first-order valence-electron chi connectivity index (χ1n) is 8.22. The molecule has 0 saturated heterocycles. The minimum Gasteiger partial charge on any atom is -0.385 e. The molecule has 0 unspecified atom stereocenters. The van der Waals surface area contributed by atoms with Gasteiger partial charge in [0.05, 0.1) is 6.54 Å². The molecule has 114 valence electrons. The first kappa shape index (κ1) is 14.3. The lowest BCUT2D eigenvalue weighted by Gasteiger charge is -2.38. The molecule has 3 aliphatic rings. The van der Waals surface area contributed by atoms with Crippen molar-refractivity contribution in [3.05, 3.63) is 0 Å². The van der Waals surface area contributed by atoms with Crippen LogP contribution in [0.25, 0.3) is 0 Å². The van der Waals surface area contributed by atoms with Crippen LogP contribution in [0.1, 0.15) is 38.5 Å². The molecule has 5 atom stereocenters. The number of carbonyl (C=O) groups is 1. The van der Waals surface area contributed by atoms with Crippen molar-refractivity contribution in [1.29, 1.82) is 0 Å². The number of carbonyl (C=O) groups excluding carboxylic acids is 1. The van der Waals surface area contributed by atoms with Crippen LogP contribution in [-0.2, 0) is 9.53 Å². The lowest BCUT2D eigenvalue weighted by atomic mass is 9.78. The molecule has 0 aromatic rings. The number of nitrogens with zero attached hydrogens (tertiary/aromatic N) is 1. The maximum absolute atomic E-state index is 11.4. The van der Waals surface area contributed by atoms with E-state index in [4.69, 9.17) is 10.5 Å². The van der Waals surface area contributed by atoms with Crippen LogP contribution < -0.4 is 5.73 Å². The van der Waals surface area contributed by atoms with Crippen molar-refractivity contribution in [3.8, 4) is 0 Å². The summed E-state index contributed by atoms with van der Waals surface area (Å²) in [5, 5.41) is 0. The zero-order chi connectivity index (χ0) is 14.1. The quantitative estimate of drug-likeness (QED) is 0.721. The summed E-state index contributed by atoms with van der Waals surface area (Å²) in [6.45, 7) is 2.14. The van der Waals surface area contributed by atoms with Gasteiger partial charge in [-0.1, -0.05) is 6.42 Å². The summed E-state index contributed by atoms with van der Waals surface area (Å²) in [5.74, 6) is 3.51. The van der Waals surface area contributed by atoms with Crippen molar-refractivity contribution in [1.82, 2.24) is 4.90 Å². The normalized spacial score (nSPS) is 38.6. The average Bonchev–Trinajstić information content (AvgIpc) is 3.09. The van der Waals surface area contributed by atoms with Crippen molar-refractivity contribution in [2.75, 3.05) is 26.8 Å². The van der Waals surface area contributed by atoms with E-state index in [1.165, 1.54) is 32.1 Å². The molecule has 3 fully saturated rings. The van der Waals surface area contributed by atoms with Gasteiger partial charge in [-0.05, 0) is 55.8 Å². The van der Waals surface area contributed by atoms with Crippen LogP contribution in [-0.4, -0.2) is 43.7 Å². The maximum atomic E-state index is 11.4. The van der Waals surface area contributed by atoms with Gasteiger partial charge in [-0.25, -0.2) is 0 Å². The molecule has 0 aromatic carbocycles. The molecule has 4 nitrogen and oxygen atoms in total. The molecule has 3 saturated carbocycles. The summed E-state index contributed by atoms with van der Waals surface area (Å²) in [5.41, 5.74) is 5.46. The lowest BCUT2D eigenvalue weighted by molar-refractivity contribution is -0.120. The van der Waals surface area contributed by atoms with Gasteiger partial charge in [0.25, 0.3) is 0 Å². The second kappa shape index (κ2) is 6.02. The van der Waals surface area contributed by atoms with Crippen LogP contribution in [0.3, 0.4) is 0 Å². The molecule has 0 radical (unpaired) electrons. The molecule has 2 bridgehead atoms. The molecular weight excluding hydrogens is 252 g/mol. The summed E-state index contributed by atoms with van der Waals surface area (Å²) in [4.78, 5) is 13.7. The van der Waals surface area contributed by atoms with Crippen molar-refractivity contribution >= 4 is 5.91 Å². The largest absolute Gasteiger partial charge is 0.385 e. The molecule has 0 spiro atoms. The zero-order valence-electron chi connectivity index (χ0n) is 12.6. The molecule has 0 heterocycles. The minimum atomic E-state index is -0.187. The van der Waals surface area contributed by atoms with Gasteiger partial charge in [0.1, 0.15) is 0 Å². The van der Waals surface area contributed by atoms with Crippen LogP contribution in [0, 0.1) is 23.7 Å². The van der Waals surface area contributed by atoms with Gasteiger partial charge in [0.15, 0.2) is 0 Å². The number of fused-ring (bicyclic) bond motifs is 5. The smallest absolute Gasteiger partial charge is 0.231 e. The van der Waals surface area contributed by atoms with Gasteiger partial charge >= 0.3 is 0 Å². The Morgan fingerprint density at radius 1 is 1.25 bits per heavy atom. The summed E-state index contributed by atoms with van der Waals surface area (Å²) < 4.78 is 5.15. The minimum absolute atomic E-state index is 0.187. The summed E-state index contributed by atoms with van der Waals surface area (Å²) in [7, 11) is 1.74. The third-order valence-electron chi connectivity index (χ3n) is 6.02. The molecule has 3 rings (SSSR count). The average molecular weight is 280 g/mol. The second-order valence-electron chi connectivity index (χ2n) is 7.00. The monoisotopic (exact) mass is 280 g/mol. The number of amides is 1. The first-order chi connectivity index (χ1) is 9.70. The second-order valence-corrected chi connectivity index (χ2v) is 7.00. The number of rotatable bonds is 7. The predicted octanol–water partition coefficient (Wildman–Crippen LogP) is 1.63. The predicted molar refractivity (Wildman–Crippen MR) is 78.1 cm³/mol. The Morgan fingerprint density at radius 2 is 2.05 bits per heavy atom. The third-order valence-corrected chi connectivity index (χ3v) is 6.02.